The van der Waals surface area contributed by atoms with E-state index in [1.165, 1.54) is 6.07 Å². The highest BCUT2D eigenvalue weighted by Gasteiger charge is 2.15. The van der Waals surface area contributed by atoms with Crippen LogP contribution in [0, 0.1) is 5.82 Å². The summed E-state index contributed by atoms with van der Waals surface area (Å²) in [6.45, 7) is 3.77. The van der Waals surface area contributed by atoms with Crippen molar-refractivity contribution in [3.63, 3.8) is 0 Å². The number of halogens is 1. The zero-order valence-electron chi connectivity index (χ0n) is 10.2. The van der Waals surface area contributed by atoms with Crippen LogP contribution in [0.1, 0.15) is 12.0 Å². The van der Waals surface area contributed by atoms with E-state index >= 15 is 0 Å². The first-order valence-corrected chi connectivity index (χ1v) is 6.11. The molecule has 1 aliphatic rings. The van der Waals surface area contributed by atoms with E-state index in [-0.39, 0.29) is 5.46 Å². The van der Waals surface area contributed by atoms with Crippen LogP contribution in [0.3, 0.4) is 0 Å². The van der Waals surface area contributed by atoms with Gasteiger partial charge in [0.05, 0.1) is 6.61 Å². The minimum absolute atomic E-state index is 0.191. The zero-order valence-corrected chi connectivity index (χ0v) is 10.2. The van der Waals surface area contributed by atoms with Crippen LogP contribution in [-0.4, -0.2) is 48.4 Å². The molecule has 1 heterocycles. The van der Waals surface area contributed by atoms with Gasteiger partial charge in [0.25, 0.3) is 0 Å². The summed E-state index contributed by atoms with van der Waals surface area (Å²) in [6, 6.07) is 4.19. The third-order valence-electron chi connectivity index (χ3n) is 3.00. The summed E-state index contributed by atoms with van der Waals surface area (Å²) in [4.78, 5) is 2.18. The standard InChI is InChI=1S/C12H17BFNO3/c14-12-7-10(6-11(8-12)13(16)17)9-15-2-1-4-18-5-3-15/h6-8,16-17H,1-5,9H2. The van der Waals surface area contributed by atoms with Crippen molar-refractivity contribution in [1.82, 2.24) is 4.90 Å². The number of hydrogen-bond donors (Lipinski definition) is 2. The Balaban J connectivity index is 2.07. The van der Waals surface area contributed by atoms with E-state index in [1.54, 1.807) is 6.07 Å². The molecular formula is C12H17BFNO3. The van der Waals surface area contributed by atoms with Crippen LogP contribution >= 0.6 is 0 Å². The molecule has 2 N–H and O–H groups in total. The van der Waals surface area contributed by atoms with Gasteiger partial charge in [-0.1, -0.05) is 6.07 Å². The van der Waals surface area contributed by atoms with Gasteiger partial charge >= 0.3 is 7.12 Å². The van der Waals surface area contributed by atoms with Crippen molar-refractivity contribution in [1.29, 1.82) is 0 Å². The summed E-state index contributed by atoms with van der Waals surface area (Å²) in [5.74, 6) is -0.443. The maximum atomic E-state index is 13.4. The van der Waals surface area contributed by atoms with Crippen molar-refractivity contribution in [2.75, 3.05) is 26.3 Å². The molecule has 0 aliphatic carbocycles. The van der Waals surface area contributed by atoms with Crippen molar-refractivity contribution >= 4 is 12.6 Å². The molecular weight excluding hydrogens is 236 g/mol. The molecule has 0 aromatic heterocycles. The quantitative estimate of drug-likeness (QED) is 0.728. The van der Waals surface area contributed by atoms with Crippen LogP contribution in [0.25, 0.3) is 0 Å². The van der Waals surface area contributed by atoms with Crippen molar-refractivity contribution in [3.05, 3.63) is 29.6 Å². The van der Waals surface area contributed by atoms with Crippen LogP contribution in [0.5, 0.6) is 0 Å². The zero-order chi connectivity index (χ0) is 13.0. The largest absolute Gasteiger partial charge is 0.488 e. The second-order valence-corrected chi connectivity index (χ2v) is 4.51. The molecule has 2 rings (SSSR count). The van der Waals surface area contributed by atoms with Gasteiger partial charge in [0, 0.05) is 26.2 Å². The Labute approximate surface area is 106 Å². The van der Waals surface area contributed by atoms with E-state index in [4.69, 9.17) is 14.8 Å². The van der Waals surface area contributed by atoms with Gasteiger partial charge in [-0.3, -0.25) is 4.90 Å². The van der Waals surface area contributed by atoms with E-state index in [0.29, 0.717) is 13.2 Å². The van der Waals surface area contributed by atoms with Gasteiger partial charge in [-0.25, -0.2) is 4.39 Å². The highest BCUT2D eigenvalue weighted by molar-refractivity contribution is 6.58. The Kier molecular flexibility index (Phi) is 4.71. The Morgan fingerprint density at radius 3 is 2.83 bits per heavy atom. The van der Waals surface area contributed by atoms with Crippen LogP contribution in [0.15, 0.2) is 18.2 Å². The molecule has 98 valence electrons. The van der Waals surface area contributed by atoms with E-state index in [0.717, 1.165) is 37.7 Å². The van der Waals surface area contributed by atoms with Crippen LogP contribution in [-0.2, 0) is 11.3 Å². The monoisotopic (exact) mass is 253 g/mol. The van der Waals surface area contributed by atoms with Gasteiger partial charge in [-0.05, 0) is 29.6 Å². The second kappa shape index (κ2) is 6.29. The lowest BCUT2D eigenvalue weighted by atomic mass is 9.79. The van der Waals surface area contributed by atoms with Gasteiger partial charge in [-0.2, -0.15) is 0 Å². The molecule has 0 spiro atoms. The van der Waals surface area contributed by atoms with Crippen LogP contribution in [0.4, 0.5) is 4.39 Å². The molecule has 4 nitrogen and oxygen atoms in total. The molecule has 0 saturated carbocycles. The maximum Gasteiger partial charge on any atom is 0.488 e. The van der Waals surface area contributed by atoms with Crippen LogP contribution < -0.4 is 5.46 Å². The fraction of sp³-hybridized carbons (Fsp3) is 0.500. The first-order chi connectivity index (χ1) is 8.65. The molecule has 0 unspecified atom stereocenters. The van der Waals surface area contributed by atoms with Gasteiger partial charge < -0.3 is 14.8 Å². The number of benzene rings is 1. The van der Waals surface area contributed by atoms with Gasteiger partial charge in [-0.15, -0.1) is 0 Å². The minimum atomic E-state index is -1.63. The number of rotatable bonds is 3. The number of ether oxygens (including phenoxy) is 1. The second-order valence-electron chi connectivity index (χ2n) is 4.51. The van der Waals surface area contributed by atoms with E-state index in [1.807, 2.05) is 0 Å². The molecule has 1 aliphatic heterocycles. The molecule has 0 radical (unpaired) electrons. The highest BCUT2D eigenvalue weighted by atomic mass is 19.1. The normalized spacial score (nSPS) is 17.5. The molecule has 1 aromatic rings. The van der Waals surface area contributed by atoms with Crippen molar-refractivity contribution in [2.45, 2.75) is 13.0 Å². The molecule has 0 atom stereocenters. The Morgan fingerprint density at radius 2 is 2.06 bits per heavy atom. The third kappa shape index (κ3) is 3.78. The topological polar surface area (TPSA) is 52.9 Å². The summed E-state index contributed by atoms with van der Waals surface area (Å²) in [6.07, 6.45) is 0.963. The fourth-order valence-electron chi connectivity index (χ4n) is 2.13. The summed E-state index contributed by atoms with van der Waals surface area (Å²) in [5, 5.41) is 18.2. The van der Waals surface area contributed by atoms with Gasteiger partial charge in [0.1, 0.15) is 5.82 Å². The van der Waals surface area contributed by atoms with Crippen molar-refractivity contribution in [2.24, 2.45) is 0 Å². The Bertz CT molecular complexity index is 395. The first kappa shape index (κ1) is 13.5. The van der Waals surface area contributed by atoms with Crippen molar-refractivity contribution < 1.29 is 19.2 Å². The smallest absolute Gasteiger partial charge is 0.423 e. The third-order valence-corrected chi connectivity index (χ3v) is 3.00. The molecule has 0 amide bonds. The van der Waals surface area contributed by atoms with E-state index in [9.17, 15) is 4.39 Å². The average Bonchev–Trinajstić information content (AvgIpc) is 2.57. The predicted molar refractivity (Wildman–Crippen MR) is 66.9 cm³/mol. The lowest BCUT2D eigenvalue weighted by molar-refractivity contribution is 0.140. The van der Waals surface area contributed by atoms with Crippen molar-refractivity contribution in [3.8, 4) is 0 Å². The lowest BCUT2D eigenvalue weighted by Gasteiger charge is -2.19. The molecule has 6 heteroatoms. The molecule has 18 heavy (non-hydrogen) atoms. The van der Waals surface area contributed by atoms with Gasteiger partial charge in [0.15, 0.2) is 0 Å². The fourth-order valence-corrected chi connectivity index (χ4v) is 2.13. The first-order valence-electron chi connectivity index (χ1n) is 6.11. The molecule has 1 saturated heterocycles. The predicted octanol–water partition coefficient (Wildman–Crippen LogP) is -0.272. The molecule has 1 fully saturated rings. The average molecular weight is 253 g/mol. The summed E-state index contributed by atoms with van der Waals surface area (Å²) >= 11 is 0. The number of nitrogens with zero attached hydrogens (tertiary/aromatic N) is 1. The van der Waals surface area contributed by atoms with Crippen LogP contribution in [0.2, 0.25) is 0 Å². The molecule has 1 aromatic carbocycles. The maximum absolute atomic E-state index is 13.4. The van der Waals surface area contributed by atoms with E-state index < -0.39 is 12.9 Å². The summed E-state index contributed by atoms with van der Waals surface area (Å²) in [7, 11) is -1.63. The van der Waals surface area contributed by atoms with E-state index in [2.05, 4.69) is 4.90 Å². The minimum Gasteiger partial charge on any atom is -0.423 e. The SMILES string of the molecule is OB(O)c1cc(F)cc(CN2CCCOCC2)c1. The Morgan fingerprint density at radius 1 is 1.22 bits per heavy atom. The lowest BCUT2D eigenvalue weighted by Crippen LogP contribution is -2.32. The summed E-state index contributed by atoms with van der Waals surface area (Å²) in [5.41, 5.74) is 0.941. The van der Waals surface area contributed by atoms with Gasteiger partial charge in [0.2, 0.25) is 0 Å². The number of hydrogen-bond acceptors (Lipinski definition) is 4. The highest BCUT2D eigenvalue weighted by Crippen LogP contribution is 2.08. The summed E-state index contributed by atoms with van der Waals surface area (Å²) < 4.78 is 18.7. The molecule has 0 bridgehead atoms. The Hall–Kier alpha value is -0.945.